The summed E-state index contributed by atoms with van der Waals surface area (Å²) in [6.45, 7) is 2.44. The minimum atomic E-state index is -3.09. The first kappa shape index (κ1) is 16.7. The summed E-state index contributed by atoms with van der Waals surface area (Å²) in [7, 11) is -3.09. The molecule has 1 aromatic rings. The quantitative estimate of drug-likeness (QED) is 0.896. The molecule has 2 rings (SSSR count). The van der Waals surface area contributed by atoms with Crippen LogP contribution in [0.2, 0.25) is 0 Å². The number of aromatic nitrogens is 1. The smallest absolute Gasteiger partial charge is 0.320 e. The topological polar surface area (TPSA) is 79.4 Å². The van der Waals surface area contributed by atoms with E-state index in [2.05, 4.69) is 10.3 Å². The first-order valence-corrected chi connectivity index (χ1v) is 9.12. The molecular formula is C14H20FN3O3S. The van der Waals surface area contributed by atoms with Gasteiger partial charge < -0.3 is 10.2 Å². The van der Waals surface area contributed by atoms with Crippen molar-refractivity contribution in [2.45, 2.75) is 32.2 Å². The van der Waals surface area contributed by atoms with Crippen LogP contribution in [-0.2, 0) is 9.84 Å². The van der Waals surface area contributed by atoms with Crippen molar-refractivity contribution < 1.29 is 17.6 Å². The minimum Gasteiger partial charge on any atom is -0.320 e. The van der Waals surface area contributed by atoms with Gasteiger partial charge in [0.05, 0.1) is 23.4 Å². The molecule has 1 saturated heterocycles. The second kappa shape index (κ2) is 7.04. The Bertz CT molecular complexity index is 636. The number of hydrogen-bond acceptors (Lipinski definition) is 4. The number of pyridine rings is 1. The van der Waals surface area contributed by atoms with Gasteiger partial charge in [-0.05, 0) is 18.9 Å². The Morgan fingerprint density at radius 2 is 2.32 bits per heavy atom. The SMILES string of the molecule is CCCCN(C(=O)Nc1ccncc1F)C1CCS(=O)(=O)C1. The molecule has 0 radical (unpaired) electrons. The number of nitrogens with one attached hydrogen (secondary N) is 1. The molecule has 0 aliphatic carbocycles. The molecule has 0 spiro atoms. The monoisotopic (exact) mass is 329 g/mol. The van der Waals surface area contributed by atoms with Crippen molar-refractivity contribution in [3.8, 4) is 0 Å². The van der Waals surface area contributed by atoms with Crippen LogP contribution in [0.25, 0.3) is 0 Å². The fraction of sp³-hybridized carbons (Fsp3) is 0.571. The highest BCUT2D eigenvalue weighted by molar-refractivity contribution is 7.91. The molecule has 1 unspecified atom stereocenters. The zero-order chi connectivity index (χ0) is 16.2. The number of sulfone groups is 1. The summed E-state index contributed by atoms with van der Waals surface area (Å²) >= 11 is 0. The number of hydrogen-bond donors (Lipinski definition) is 1. The van der Waals surface area contributed by atoms with Gasteiger partial charge in [0.2, 0.25) is 0 Å². The van der Waals surface area contributed by atoms with Crippen molar-refractivity contribution >= 4 is 21.6 Å². The average molecular weight is 329 g/mol. The summed E-state index contributed by atoms with van der Waals surface area (Å²) in [5.41, 5.74) is 0.0438. The van der Waals surface area contributed by atoms with Crippen molar-refractivity contribution in [3.63, 3.8) is 0 Å². The molecule has 0 bridgehead atoms. The van der Waals surface area contributed by atoms with E-state index in [1.807, 2.05) is 6.92 Å². The van der Waals surface area contributed by atoms with Crippen LogP contribution in [0.15, 0.2) is 18.5 Å². The zero-order valence-corrected chi connectivity index (χ0v) is 13.3. The summed E-state index contributed by atoms with van der Waals surface area (Å²) in [6, 6.07) is 0.554. The van der Waals surface area contributed by atoms with Crippen LogP contribution in [0, 0.1) is 5.82 Å². The Kier molecular flexibility index (Phi) is 5.33. The standard InChI is InChI=1S/C14H20FN3O3S/c1-2-3-7-18(11-5-8-22(20,21)10-11)14(19)17-13-4-6-16-9-12(13)15/h4,6,9,11H,2-3,5,7-8,10H2,1H3,(H,16,17,19). The third-order valence-electron chi connectivity index (χ3n) is 3.68. The van der Waals surface area contributed by atoms with Gasteiger partial charge in [0, 0.05) is 18.8 Å². The van der Waals surface area contributed by atoms with Gasteiger partial charge in [-0.2, -0.15) is 0 Å². The van der Waals surface area contributed by atoms with Crippen molar-refractivity contribution in [1.82, 2.24) is 9.88 Å². The molecular weight excluding hydrogens is 309 g/mol. The van der Waals surface area contributed by atoms with E-state index < -0.39 is 21.7 Å². The number of urea groups is 1. The molecule has 22 heavy (non-hydrogen) atoms. The molecule has 1 aromatic heterocycles. The minimum absolute atomic E-state index is 0.0248. The van der Waals surface area contributed by atoms with Crippen LogP contribution in [-0.4, -0.2) is 48.4 Å². The normalized spacial score (nSPS) is 19.8. The lowest BCUT2D eigenvalue weighted by molar-refractivity contribution is 0.192. The molecule has 0 aromatic carbocycles. The number of nitrogens with zero attached hydrogens (tertiary/aromatic N) is 2. The highest BCUT2D eigenvalue weighted by atomic mass is 32.2. The van der Waals surface area contributed by atoms with Gasteiger partial charge in [-0.3, -0.25) is 4.98 Å². The molecule has 2 amide bonds. The van der Waals surface area contributed by atoms with Crippen molar-refractivity contribution in [1.29, 1.82) is 0 Å². The van der Waals surface area contributed by atoms with E-state index >= 15 is 0 Å². The fourth-order valence-electron chi connectivity index (χ4n) is 2.46. The van der Waals surface area contributed by atoms with Crippen molar-refractivity contribution in [3.05, 3.63) is 24.3 Å². The molecule has 122 valence electrons. The molecule has 8 heteroatoms. The van der Waals surface area contributed by atoms with E-state index in [1.54, 1.807) is 0 Å². The number of unbranched alkanes of at least 4 members (excludes halogenated alkanes) is 1. The van der Waals surface area contributed by atoms with Gasteiger partial charge >= 0.3 is 6.03 Å². The van der Waals surface area contributed by atoms with Crippen molar-refractivity contribution in [2.24, 2.45) is 0 Å². The largest absolute Gasteiger partial charge is 0.322 e. The predicted molar refractivity (Wildman–Crippen MR) is 81.9 cm³/mol. The summed E-state index contributed by atoms with van der Waals surface area (Å²) in [4.78, 5) is 17.5. The van der Waals surface area contributed by atoms with Crippen LogP contribution in [0.4, 0.5) is 14.9 Å². The fourth-order valence-corrected chi connectivity index (χ4v) is 4.19. The number of carbonyl (C=O) groups excluding carboxylic acids is 1. The van der Waals surface area contributed by atoms with E-state index in [0.29, 0.717) is 13.0 Å². The van der Waals surface area contributed by atoms with E-state index in [-0.39, 0.29) is 23.2 Å². The number of halogens is 1. The molecule has 6 nitrogen and oxygen atoms in total. The van der Waals surface area contributed by atoms with Crippen LogP contribution < -0.4 is 5.32 Å². The number of carbonyl (C=O) groups is 1. The first-order valence-electron chi connectivity index (χ1n) is 7.30. The molecule has 1 fully saturated rings. The molecule has 0 saturated carbocycles. The van der Waals surface area contributed by atoms with Gasteiger partial charge in [-0.15, -0.1) is 0 Å². The molecule has 1 aliphatic rings. The predicted octanol–water partition coefficient (Wildman–Crippen LogP) is 2.04. The average Bonchev–Trinajstić information content (AvgIpc) is 2.82. The van der Waals surface area contributed by atoms with Gasteiger partial charge in [0.15, 0.2) is 15.7 Å². The highest BCUT2D eigenvalue weighted by Crippen LogP contribution is 2.20. The van der Waals surface area contributed by atoms with Crippen molar-refractivity contribution in [2.75, 3.05) is 23.4 Å². The second-order valence-electron chi connectivity index (χ2n) is 5.39. The van der Waals surface area contributed by atoms with Crippen LogP contribution in [0.3, 0.4) is 0 Å². The molecule has 2 heterocycles. The Labute approximate surface area is 129 Å². The van der Waals surface area contributed by atoms with E-state index in [9.17, 15) is 17.6 Å². The molecule has 1 atom stereocenters. The first-order chi connectivity index (χ1) is 10.4. The lowest BCUT2D eigenvalue weighted by Crippen LogP contribution is -2.44. The lowest BCUT2D eigenvalue weighted by atomic mass is 10.2. The number of amides is 2. The van der Waals surface area contributed by atoms with Gasteiger partial charge in [-0.25, -0.2) is 17.6 Å². The maximum absolute atomic E-state index is 13.6. The Morgan fingerprint density at radius 3 is 2.91 bits per heavy atom. The number of anilines is 1. The van der Waals surface area contributed by atoms with Crippen LogP contribution in [0.5, 0.6) is 0 Å². The van der Waals surface area contributed by atoms with Crippen LogP contribution in [0.1, 0.15) is 26.2 Å². The maximum Gasteiger partial charge on any atom is 0.322 e. The highest BCUT2D eigenvalue weighted by Gasteiger charge is 2.34. The Morgan fingerprint density at radius 1 is 1.55 bits per heavy atom. The molecule has 1 aliphatic heterocycles. The van der Waals surface area contributed by atoms with Gasteiger partial charge in [-0.1, -0.05) is 13.3 Å². The lowest BCUT2D eigenvalue weighted by Gasteiger charge is -2.28. The summed E-state index contributed by atoms with van der Waals surface area (Å²) in [5, 5.41) is 2.50. The Balaban J connectivity index is 2.11. The summed E-state index contributed by atoms with van der Waals surface area (Å²) < 4.78 is 36.8. The zero-order valence-electron chi connectivity index (χ0n) is 12.5. The Hall–Kier alpha value is -1.70. The van der Waals surface area contributed by atoms with Gasteiger partial charge in [0.25, 0.3) is 0 Å². The van der Waals surface area contributed by atoms with E-state index in [1.165, 1.54) is 17.2 Å². The van der Waals surface area contributed by atoms with E-state index in [4.69, 9.17) is 0 Å². The maximum atomic E-state index is 13.6. The third kappa shape index (κ3) is 4.16. The van der Waals surface area contributed by atoms with Crippen LogP contribution >= 0.6 is 0 Å². The summed E-state index contributed by atoms with van der Waals surface area (Å²) in [6.07, 6.45) is 4.48. The van der Waals surface area contributed by atoms with Gasteiger partial charge in [0.1, 0.15) is 0 Å². The summed E-state index contributed by atoms with van der Waals surface area (Å²) in [5.74, 6) is -0.550. The number of rotatable bonds is 5. The third-order valence-corrected chi connectivity index (χ3v) is 5.43. The second-order valence-corrected chi connectivity index (χ2v) is 7.62. The van der Waals surface area contributed by atoms with E-state index in [0.717, 1.165) is 19.0 Å². The molecule has 1 N–H and O–H groups in total.